The largest absolute Gasteiger partial charge is 0.394 e. The van der Waals surface area contributed by atoms with Crippen LogP contribution in [0, 0.1) is 11.8 Å². The van der Waals surface area contributed by atoms with Gasteiger partial charge in [0.05, 0.1) is 12.6 Å². The Morgan fingerprint density at radius 3 is 2.50 bits per heavy atom. The van der Waals surface area contributed by atoms with E-state index < -0.39 is 0 Å². The van der Waals surface area contributed by atoms with Crippen LogP contribution in [0.2, 0.25) is 0 Å². The van der Waals surface area contributed by atoms with Crippen LogP contribution < -0.4 is 5.32 Å². The van der Waals surface area contributed by atoms with Crippen LogP contribution in [0.1, 0.15) is 65.2 Å². The molecule has 0 aliphatic heterocycles. The van der Waals surface area contributed by atoms with E-state index in [9.17, 15) is 4.79 Å². The van der Waals surface area contributed by atoms with Gasteiger partial charge in [-0.1, -0.05) is 46.0 Å². The highest BCUT2D eigenvalue weighted by Gasteiger charge is 2.16. The van der Waals surface area contributed by atoms with Gasteiger partial charge in [0.2, 0.25) is 5.91 Å². The third kappa shape index (κ3) is 5.85. The topological polar surface area (TPSA) is 49.3 Å². The van der Waals surface area contributed by atoms with Crippen molar-refractivity contribution >= 4 is 5.91 Å². The third-order valence-corrected chi connectivity index (χ3v) is 4.09. The molecule has 1 atom stereocenters. The average molecular weight is 255 g/mol. The molecule has 18 heavy (non-hydrogen) atoms. The molecule has 3 nitrogen and oxygen atoms in total. The molecule has 0 spiro atoms. The monoisotopic (exact) mass is 255 g/mol. The zero-order valence-corrected chi connectivity index (χ0v) is 12.0. The molecule has 0 heterocycles. The zero-order valence-electron chi connectivity index (χ0n) is 12.0. The molecule has 1 fully saturated rings. The van der Waals surface area contributed by atoms with Gasteiger partial charge < -0.3 is 10.4 Å². The number of hydrogen-bond donors (Lipinski definition) is 2. The van der Waals surface area contributed by atoms with Crippen LogP contribution in [-0.2, 0) is 4.79 Å². The van der Waals surface area contributed by atoms with Crippen molar-refractivity contribution in [1.82, 2.24) is 5.32 Å². The molecule has 1 aliphatic rings. The fourth-order valence-electron chi connectivity index (χ4n) is 2.73. The summed E-state index contributed by atoms with van der Waals surface area (Å²) in [5, 5.41) is 12.1. The summed E-state index contributed by atoms with van der Waals surface area (Å²) in [7, 11) is 0. The number of carbonyl (C=O) groups excluding carboxylic acids is 1. The lowest BCUT2D eigenvalue weighted by Gasteiger charge is -2.22. The highest BCUT2D eigenvalue weighted by atomic mass is 16.3. The molecule has 0 aromatic heterocycles. The fraction of sp³-hybridized carbons (Fsp3) is 0.933. The van der Waals surface area contributed by atoms with Gasteiger partial charge in [-0.2, -0.15) is 0 Å². The van der Waals surface area contributed by atoms with Crippen LogP contribution in [0.15, 0.2) is 0 Å². The molecular weight excluding hydrogens is 226 g/mol. The summed E-state index contributed by atoms with van der Waals surface area (Å²) in [4.78, 5) is 11.7. The smallest absolute Gasteiger partial charge is 0.220 e. The van der Waals surface area contributed by atoms with Crippen LogP contribution >= 0.6 is 0 Å². The first-order chi connectivity index (χ1) is 8.63. The first kappa shape index (κ1) is 15.5. The summed E-state index contributed by atoms with van der Waals surface area (Å²) in [6, 6.07) is -0.0906. The van der Waals surface area contributed by atoms with E-state index in [1.54, 1.807) is 0 Å². The maximum absolute atomic E-state index is 11.7. The van der Waals surface area contributed by atoms with E-state index in [2.05, 4.69) is 5.32 Å². The number of carbonyl (C=O) groups is 1. The van der Waals surface area contributed by atoms with Crippen LogP contribution in [0.25, 0.3) is 0 Å². The second kappa shape index (κ2) is 8.52. The van der Waals surface area contributed by atoms with Crippen molar-refractivity contribution in [1.29, 1.82) is 0 Å². The van der Waals surface area contributed by atoms with Gasteiger partial charge in [-0.3, -0.25) is 4.79 Å². The maximum atomic E-state index is 11.7. The van der Waals surface area contributed by atoms with E-state index in [4.69, 9.17) is 5.11 Å². The van der Waals surface area contributed by atoms with E-state index in [1.165, 1.54) is 38.5 Å². The Balaban J connectivity index is 2.12. The second-order valence-corrected chi connectivity index (χ2v) is 6.00. The summed E-state index contributed by atoms with van der Waals surface area (Å²) in [6.07, 6.45) is 9.64. The summed E-state index contributed by atoms with van der Waals surface area (Å²) in [5.74, 6) is 1.24. The van der Waals surface area contributed by atoms with Gasteiger partial charge in [0.25, 0.3) is 0 Å². The highest BCUT2D eigenvalue weighted by Crippen LogP contribution is 2.27. The van der Waals surface area contributed by atoms with Crippen molar-refractivity contribution in [3.8, 4) is 0 Å². The van der Waals surface area contributed by atoms with Crippen molar-refractivity contribution in [2.75, 3.05) is 6.61 Å². The first-order valence-corrected chi connectivity index (χ1v) is 7.53. The molecule has 0 bridgehead atoms. The third-order valence-electron chi connectivity index (χ3n) is 4.09. The van der Waals surface area contributed by atoms with Gasteiger partial charge in [0.15, 0.2) is 0 Å². The Morgan fingerprint density at radius 2 is 1.94 bits per heavy atom. The van der Waals surface area contributed by atoms with Gasteiger partial charge in [-0.25, -0.2) is 0 Å². The lowest BCUT2D eigenvalue weighted by atomic mass is 9.86. The molecule has 0 radical (unpaired) electrons. The van der Waals surface area contributed by atoms with E-state index in [-0.39, 0.29) is 24.5 Å². The lowest BCUT2D eigenvalue weighted by Crippen LogP contribution is -2.41. The Kier molecular flexibility index (Phi) is 7.33. The molecule has 1 aliphatic carbocycles. The van der Waals surface area contributed by atoms with Crippen LogP contribution in [0.3, 0.4) is 0 Å². The van der Waals surface area contributed by atoms with Gasteiger partial charge in [-0.05, 0) is 24.7 Å². The molecule has 0 aromatic carbocycles. The molecule has 0 aromatic rings. The Labute approximate surface area is 111 Å². The number of aliphatic hydroxyl groups is 1. The van der Waals surface area contributed by atoms with E-state index in [0.29, 0.717) is 6.42 Å². The molecule has 1 saturated carbocycles. The molecular formula is C15H29NO2. The average Bonchev–Trinajstić information content (AvgIpc) is 2.37. The van der Waals surface area contributed by atoms with Gasteiger partial charge in [0.1, 0.15) is 0 Å². The number of hydrogen-bond acceptors (Lipinski definition) is 2. The highest BCUT2D eigenvalue weighted by molar-refractivity contribution is 5.76. The van der Waals surface area contributed by atoms with Gasteiger partial charge >= 0.3 is 0 Å². The zero-order chi connectivity index (χ0) is 13.4. The van der Waals surface area contributed by atoms with E-state index in [1.807, 2.05) is 13.8 Å². The molecule has 106 valence electrons. The first-order valence-electron chi connectivity index (χ1n) is 7.53. The van der Waals surface area contributed by atoms with Crippen LogP contribution in [-0.4, -0.2) is 23.7 Å². The van der Waals surface area contributed by atoms with Crippen LogP contribution in [0.4, 0.5) is 0 Å². The maximum Gasteiger partial charge on any atom is 0.220 e. The van der Waals surface area contributed by atoms with Crippen molar-refractivity contribution < 1.29 is 9.90 Å². The standard InChI is InChI=1S/C15H29NO2/c1-12(2)14(11-17)16-15(18)10-6-9-13-7-4-3-5-8-13/h12-14,17H,3-11H2,1-2H3,(H,16,18). The Hall–Kier alpha value is -0.570. The molecule has 3 heteroatoms. The van der Waals surface area contributed by atoms with Crippen LogP contribution in [0.5, 0.6) is 0 Å². The van der Waals surface area contributed by atoms with Crippen molar-refractivity contribution in [2.45, 2.75) is 71.3 Å². The predicted molar refractivity (Wildman–Crippen MR) is 74.3 cm³/mol. The number of rotatable bonds is 7. The number of nitrogens with one attached hydrogen (secondary N) is 1. The Bertz CT molecular complexity index is 235. The van der Waals surface area contributed by atoms with Gasteiger partial charge in [0, 0.05) is 6.42 Å². The number of amides is 1. The predicted octanol–water partition coefficient (Wildman–Crippen LogP) is 2.87. The van der Waals surface area contributed by atoms with E-state index in [0.717, 1.165) is 12.3 Å². The SMILES string of the molecule is CC(C)C(CO)NC(=O)CCCC1CCCCC1. The minimum absolute atomic E-state index is 0.0338. The summed E-state index contributed by atoms with van der Waals surface area (Å²) in [5.41, 5.74) is 0. The quantitative estimate of drug-likeness (QED) is 0.735. The molecule has 1 unspecified atom stereocenters. The van der Waals surface area contributed by atoms with Gasteiger partial charge in [-0.15, -0.1) is 0 Å². The summed E-state index contributed by atoms with van der Waals surface area (Å²) in [6.45, 7) is 4.07. The Morgan fingerprint density at radius 1 is 1.28 bits per heavy atom. The fourth-order valence-corrected chi connectivity index (χ4v) is 2.73. The van der Waals surface area contributed by atoms with E-state index >= 15 is 0 Å². The molecule has 1 rings (SSSR count). The normalized spacial score (nSPS) is 18.9. The molecule has 1 amide bonds. The van der Waals surface area contributed by atoms with Crippen molar-refractivity contribution in [2.24, 2.45) is 11.8 Å². The minimum Gasteiger partial charge on any atom is -0.394 e. The van der Waals surface area contributed by atoms with Crippen molar-refractivity contribution in [3.63, 3.8) is 0 Å². The summed E-state index contributed by atoms with van der Waals surface area (Å²) < 4.78 is 0. The summed E-state index contributed by atoms with van der Waals surface area (Å²) >= 11 is 0. The molecule has 0 saturated heterocycles. The second-order valence-electron chi connectivity index (χ2n) is 6.00. The number of aliphatic hydroxyl groups excluding tert-OH is 1. The lowest BCUT2D eigenvalue weighted by molar-refractivity contribution is -0.122. The molecule has 2 N–H and O–H groups in total. The minimum atomic E-state index is -0.0906. The van der Waals surface area contributed by atoms with Crippen molar-refractivity contribution in [3.05, 3.63) is 0 Å².